The third-order valence-corrected chi connectivity index (χ3v) is 15.6. The van der Waals surface area contributed by atoms with E-state index in [0.29, 0.717) is 82.6 Å². The maximum absolute atomic E-state index is 15.3. The number of aliphatic hydroxyl groups is 2. The van der Waals surface area contributed by atoms with Gasteiger partial charge in [0.25, 0.3) is 0 Å². The van der Waals surface area contributed by atoms with Crippen molar-refractivity contribution in [3.63, 3.8) is 0 Å². The van der Waals surface area contributed by atoms with Gasteiger partial charge in [-0.1, -0.05) is 44.2 Å². The second-order valence-corrected chi connectivity index (χ2v) is 18.2. The maximum atomic E-state index is 15.3. The Morgan fingerprint density at radius 3 is 2.41 bits per heavy atom. The van der Waals surface area contributed by atoms with Crippen LogP contribution in [0.15, 0.2) is 48.6 Å². The lowest BCUT2D eigenvalue weighted by Crippen LogP contribution is -2.81. The number of aromatic amines is 1. The lowest BCUT2D eigenvalue weighted by Gasteiger charge is -2.63. The van der Waals surface area contributed by atoms with Crippen molar-refractivity contribution in [3.8, 4) is 5.75 Å². The Morgan fingerprint density at radius 2 is 1.71 bits per heavy atom. The number of nitrogens with zero attached hydrogens (tertiary/aromatic N) is 3. The van der Waals surface area contributed by atoms with Gasteiger partial charge in [0.2, 0.25) is 5.60 Å². The molecule has 6 heterocycles. The fourth-order valence-corrected chi connectivity index (χ4v) is 13.5. The number of hydrogen-bond donors (Lipinski definition) is 3. The number of carbonyl (C=O) groups excluding carboxylic acids is 3. The molecule has 1 saturated carbocycles. The van der Waals surface area contributed by atoms with Gasteiger partial charge in [0, 0.05) is 90.9 Å². The van der Waals surface area contributed by atoms with Crippen LogP contribution in [0.25, 0.3) is 10.9 Å². The first-order valence-corrected chi connectivity index (χ1v) is 21.2. The predicted octanol–water partition coefficient (Wildman–Crippen LogP) is 3.99. The molecule has 1 aliphatic carbocycles. The number of hydrogen-bond acceptors (Lipinski definition) is 12. The molecule has 10 atom stereocenters. The van der Waals surface area contributed by atoms with Crippen molar-refractivity contribution in [1.29, 1.82) is 0 Å². The molecule has 3 N–H and O–H groups in total. The molecule has 2 bridgehead atoms. The molecule has 9 rings (SSSR count). The number of carbonyl (C=O) groups is 3. The van der Waals surface area contributed by atoms with E-state index in [9.17, 15) is 19.8 Å². The normalized spacial score (nSPS) is 37.0. The summed E-state index contributed by atoms with van der Waals surface area (Å²) >= 11 is 0. The molecule has 5 aliphatic heterocycles. The van der Waals surface area contributed by atoms with Crippen LogP contribution in [0, 0.1) is 11.3 Å². The van der Waals surface area contributed by atoms with Crippen molar-refractivity contribution in [2.75, 3.05) is 66.0 Å². The highest BCUT2D eigenvalue weighted by atomic mass is 16.6. The number of fused-ring (bicyclic) bond motifs is 6. The minimum absolute atomic E-state index is 0.0986. The van der Waals surface area contributed by atoms with Crippen molar-refractivity contribution >= 4 is 34.5 Å². The minimum Gasteiger partial charge on any atom is -0.496 e. The number of anilines is 1. The summed E-state index contributed by atoms with van der Waals surface area (Å²) in [5.41, 5.74) is -1.62. The quantitative estimate of drug-likeness (QED) is 0.180. The Balaban J connectivity index is 1.36. The van der Waals surface area contributed by atoms with Crippen molar-refractivity contribution in [2.45, 2.75) is 99.5 Å². The third kappa shape index (κ3) is 5.20. The van der Waals surface area contributed by atoms with E-state index in [-0.39, 0.29) is 12.0 Å². The summed E-state index contributed by atoms with van der Waals surface area (Å²) in [5, 5.41) is 26.3. The van der Waals surface area contributed by atoms with E-state index in [0.717, 1.165) is 33.4 Å². The molecule has 59 heavy (non-hydrogen) atoms. The van der Waals surface area contributed by atoms with Gasteiger partial charge in [-0.25, -0.2) is 4.79 Å². The third-order valence-electron chi connectivity index (χ3n) is 15.6. The molecule has 2 saturated heterocycles. The Morgan fingerprint density at radius 1 is 0.949 bits per heavy atom. The molecule has 13 nitrogen and oxygen atoms in total. The molecule has 0 radical (unpaired) electrons. The number of benzene rings is 2. The zero-order chi connectivity index (χ0) is 41.9. The van der Waals surface area contributed by atoms with E-state index in [1.807, 2.05) is 50.1 Å². The van der Waals surface area contributed by atoms with Gasteiger partial charge in [0.15, 0.2) is 6.10 Å². The van der Waals surface area contributed by atoms with E-state index >= 15 is 4.79 Å². The number of esters is 3. The average molecular weight is 811 g/mol. The first-order valence-electron chi connectivity index (χ1n) is 21.2. The van der Waals surface area contributed by atoms with Gasteiger partial charge in [0.05, 0.1) is 33.0 Å². The Kier molecular flexibility index (Phi) is 9.36. The number of rotatable bonds is 7. The summed E-state index contributed by atoms with van der Waals surface area (Å²) in [6, 6.07) is 11.0. The number of methoxy groups -OCH3 is 3. The molecule has 2 aromatic carbocycles. The molecule has 1 aromatic heterocycles. The second-order valence-electron chi connectivity index (χ2n) is 18.2. The van der Waals surface area contributed by atoms with Gasteiger partial charge in [-0.05, 0) is 74.2 Å². The summed E-state index contributed by atoms with van der Waals surface area (Å²) in [7, 11) is 6.15. The smallest absolute Gasteiger partial charge is 0.344 e. The highest BCUT2D eigenvalue weighted by molar-refractivity contribution is 5.95. The van der Waals surface area contributed by atoms with Crippen molar-refractivity contribution in [3.05, 3.63) is 70.9 Å². The second kappa shape index (κ2) is 13.8. The van der Waals surface area contributed by atoms with Crippen LogP contribution in [0.2, 0.25) is 0 Å². The van der Waals surface area contributed by atoms with Crippen molar-refractivity contribution < 1.29 is 43.5 Å². The highest BCUT2D eigenvalue weighted by Gasteiger charge is 2.80. The van der Waals surface area contributed by atoms with Crippen molar-refractivity contribution in [1.82, 2.24) is 14.8 Å². The molecule has 13 heteroatoms. The molecular formula is C46H58N4O9. The Bertz CT molecular complexity index is 2260. The molecule has 0 amide bonds. The van der Waals surface area contributed by atoms with Crippen LogP contribution in [0.4, 0.5) is 5.69 Å². The fourth-order valence-electron chi connectivity index (χ4n) is 13.5. The summed E-state index contributed by atoms with van der Waals surface area (Å²) in [5.74, 6) is -1.56. The highest BCUT2D eigenvalue weighted by Crippen LogP contribution is 2.68. The average Bonchev–Trinajstić information content (AvgIpc) is 3.90. The summed E-state index contributed by atoms with van der Waals surface area (Å²) in [4.78, 5) is 53.2. The molecular weight excluding hydrogens is 753 g/mol. The molecule has 3 aromatic rings. The number of nitrogens with one attached hydrogen (secondary N) is 1. The zero-order valence-electron chi connectivity index (χ0n) is 35.3. The lowest BCUT2D eigenvalue weighted by molar-refractivity contribution is -0.228. The van der Waals surface area contributed by atoms with Gasteiger partial charge in [-0.2, -0.15) is 0 Å². The van der Waals surface area contributed by atoms with Crippen molar-refractivity contribution in [2.24, 2.45) is 11.3 Å². The standard InChI is InChI=1S/C46H58N4O9/c1-8-42(54)23-28-24-45(40(52)57-6,36-30(15-19-49(25-28)26-42)29-13-10-11-14-33(29)47-36)32-21-31-34(22-35(32)56-5)48(4)38-44(31)17-20-50-18-12-16-43(9-2,37(44)50)39(59-27(3)51)46(38,55)41(53)58-7/h10-14,16,21-22,28,37-39,47,54-55H,8-9,15,17-20,23-26H2,1-7H3/t28-,37-,38+,39+,42-,43+,44+,45-,46?/m0/s1. The first kappa shape index (κ1) is 40.0. The van der Waals surface area contributed by atoms with Crippen LogP contribution >= 0.6 is 0 Å². The molecule has 6 aliphatic rings. The molecule has 2 unspecified atom stereocenters. The SMILES string of the molecule is CC[C@]1(O)C[C@@H]2CN(CCc3c([nH]c4ccccc34)[C@@](C(=O)OC)(c3cc4c(cc3OC)N(C)[C@H]3C(O)(C(=O)OC)[C@H](OC(C)=O)[C@]5(CC)C=CCN6CC[C@]43[C@@H]65)C2)C1. The van der Waals surface area contributed by atoms with Crippen LogP contribution in [-0.2, 0) is 45.8 Å². The number of ether oxygens (including phenoxy) is 4. The van der Waals surface area contributed by atoms with Gasteiger partial charge in [0.1, 0.15) is 11.2 Å². The summed E-state index contributed by atoms with van der Waals surface area (Å²) in [6.07, 6.45) is 5.94. The van der Waals surface area contributed by atoms with Gasteiger partial charge in [-0.15, -0.1) is 0 Å². The zero-order valence-corrected chi connectivity index (χ0v) is 35.3. The number of aromatic nitrogens is 1. The summed E-state index contributed by atoms with van der Waals surface area (Å²) < 4.78 is 23.9. The van der Waals surface area contributed by atoms with Crippen LogP contribution < -0.4 is 9.64 Å². The lowest BCUT2D eigenvalue weighted by atomic mass is 9.47. The number of H-pyrrole nitrogens is 1. The number of piperidine rings is 1. The topological polar surface area (TPSA) is 154 Å². The van der Waals surface area contributed by atoms with E-state index < -0.39 is 57.5 Å². The molecule has 316 valence electrons. The van der Waals surface area contributed by atoms with Gasteiger partial charge in [-0.3, -0.25) is 19.4 Å². The predicted molar refractivity (Wildman–Crippen MR) is 220 cm³/mol. The van der Waals surface area contributed by atoms with E-state index in [1.54, 1.807) is 7.11 Å². The number of para-hydroxylation sites is 1. The van der Waals surface area contributed by atoms with E-state index in [2.05, 4.69) is 39.1 Å². The van der Waals surface area contributed by atoms with Crippen LogP contribution in [0.3, 0.4) is 0 Å². The minimum atomic E-state index is -2.30. The van der Waals surface area contributed by atoms with Crippen LogP contribution in [0.5, 0.6) is 5.75 Å². The monoisotopic (exact) mass is 810 g/mol. The molecule has 3 fully saturated rings. The van der Waals surface area contributed by atoms with E-state index in [4.69, 9.17) is 18.9 Å². The van der Waals surface area contributed by atoms with Crippen LogP contribution in [0.1, 0.15) is 75.3 Å². The van der Waals surface area contributed by atoms with E-state index in [1.165, 1.54) is 21.1 Å². The largest absolute Gasteiger partial charge is 0.496 e. The van der Waals surface area contributed by atoms with Gasteiger partial charge < -0.3 is 39.0 Å². The van der Waals surface area contributed by atoms with Crippen LogP contribution in [-0.4, -0.2) is 133 Å². The Hall–Kier alpha value is -4.43. The summed E-state index contributed by atoms with van der Waals surface area (Å²) in [6.45, 7) is 8.62. The Labute approximate surface area is 345 Å². The first-order chi connectivity index (χ1) is 28.2. The molecule has 1 spiro atoms. The number of likely N-dealkylation sites (N-methyl/N-ethyl adjacent to an activating group) is 1. The fraction of sp³-hybridized carbons (Fsp3) is 0.587. The van der Waals surface area contributed by atoms with Gasteiger partial charge >= 0.3 is 17.9 Å². The maximum Gasteiger partial charge on any atom is 0.344 e.